The van der Waals surface area contributed by atoms with Crippen LogP contribution in [0.4, 0.5) is 0 Å². The summed E-state index contributed by atoms with van der Waals surface area (Å²) in [6, 6.07) is 7.67. The minimum absolute atomic E-state index is 0.270. The minimum Gasteiger partial charge on any atom is -0.481 e. The van der Waals surface area contributed by atoms with Gasteiger partial charge in [0.25, 0.3) is 0 Å². The van der Waals surface area contributed by atoms with Gasteiger partial charge in [-0.2, -0.15) is 5.10 Å². The quantitative estimate of drug-likeness (QED) is 0.742. The fourth-order valence-corrected chi connectivity index (χ4v) is 2.49. The number of carboxylic acids is 1. The predicted octanol–water partition coefficient (Wildman–Crippen LogP) is 1.08. The summed E-state index contributed by atoms with van der Waals surface area (Å²) in [5.74, 6) is -0.309. The molecule has 0 unspecified atom stereocenters. The highest BCUT2D eigenvalue weighted by molar-refractivity contribution is 5.91. The highest BCUT2D eigenvalue weighted by Crippen LogP contribution is 2.47. The zero-order valence-corrected chi connectivity index (χ0v) is 11.0. The summed E-state index contributed by atoms with van der Waals surface area (Å²) in [7, 11) is 0. The number of nitrogens with one attached hydrogen (secondary N) is 1. The average molecular weight is 284 g/mol. The van der Waals surface area contributed by atoms with Crippen molar-refractivity contribution in [2.45, 2.75) is 19.4 Å². The number of H-pyrrole nitrogens is 1. The molecule has 1 aliphatic rings. The van der Waals surface area contributed by atoms with E-state index in [1.807, 2.05) is 24.3 Å². The molecule has 106 valence electrons. The Balaban J connectivity index is 1.77. The first-order valence-electron chi connectivity index (χ1n) is 6.63. The van der Waals surface area contributed by atoms with E-state index in [4.69, 9.17) is 0 Å². The van der Waals surface area contributed by atoms with Gasteiger partial charge in [-0.05, 0) is 29.3 Å². The fourth-order valence-electron chi connectivity index (χ4n) is 2.49. The molecule has 4 rings (SSSR count). The minimum atomic E-state index is -0.796. The SMILES string of the molecule is O=C(O)C1(Cn2nnnc2-c2n[nH]c3ccccc23)CC1. The maximum Gasteiger partial charge on any atom is 0.311 e. The van der Waals surface area contributed by atoms with E-state index in [0.29, 0.717) is 24.4 Å². The molecule has 1 aromatic carbocycles. The Morgan fingerprint density at radius 2 is 2.19 bits per heavy atom. The van der Waals surface area contributed by atoms with Crippen LogP contribution in [0.2, 0.25) is 0 Å². The number of hydrogen-bond acceptors (Lipinski definition) is 5. The largest absolute Gasteiger partial charge is 0.481 e. The first-order chi connectivity index (χ1) is 10.2. The Kier molecular flexibility index (Phi) is 2.35. The molecule has 1 fully saturated rings. The van der Waals surface area contributed by atoms with E-state index in [9.17, 15) is 9.90 Å². The van der Waals surface area contributed by atoms with Crippen LogP contribution in [0.1, 0.15) is 12.8 Å². The van der Waals surface area contributed by atoms with Crippen LogP contribution in [0, 0.1) is 5.41 Å². The van der Waals surface area contributed by atoms with Crippen LogP contribution in [0.5, 0.6) is 0 Å². The fraction of sp³-hybridized carbons (Fsp3) is 0.308. The molecule has 8 nitrogen and oxygen atoms in total. The molecule has 8 heteroatoms. The summed E-state index contributed by atoms with van der Waals surface area (Å²) in [6.45, 7) is 0.270. The van der Waals surface area contributed by atoms with Crippen LogP contribution in [0.25, 0.3) is 22.4 Å². The predicted molar refractivity (Wildman–Crippen MR) is 72.2 cm³/mol. The second-order valence-electron chi connectivity index (χ2n) is 5.36. The number of benzene rings is 1. The Morgan fingerprint density at radius 1 is 1.38 bits per heavy atom. The van der Waals surface area contributed by atoms with Crippen molar-refractivity contribution in [3.05, 3.63) is 24.3 Å². The van der Waals surface area contributed by atoms with Crippen LogP contribution in [0.3, 0.4) is 0 Å². The van der Waals surface area contributed by atoms with Crippen molar-refractivity contribution >= 4 is 16.9 Å². The van der Waals surface area contributed by atoms with Gasteiger partial charge in [-0.15, -0.1) is 5.10 Å². The van der Waals surface area contributed by atoms with Crippen LogP contribution in [-0.2, 0) is 11.3 Å². The number of tetrazole rings is 1. The first kappa shape index (κ1) is 12.0. The highest BCUT2D eigenvalue weighted by atomic mass is 16.4. The molecule has 21 heavy (non-hydrogen) atoms. The molecule has 0 amide bonds. The third-order valence-electron chi connectivity index (χ3n) is 3.97. The van der Waals surface area contributed by atoms with Gasteiger partial charge in [-0.3, -0.25) is 9.89 Å². The Morgan fingerprint density at radius 3 is 2.95 bits per heavy atom. The topological polar surface area (TPSA) is 110 Å². The van der Waals surface area contributed by atoms with E-state index in [1.165, 1.54) is 4.68 Å². The summed E-state index contributed by atoms with van der Waals surface area (Å²) >= 11 is 0. The van der Waals surface area contributed by atoms with Gasteiger partial charge in [0.1, 0.15) is 5.69 Å². The number of carboxylic acid groups (broad SMARTS) is 1. The number of aliphatic carboxylic acids is 1. The Bertz CT molecular complexity index is 832. The third kappa shape index (κ3) is 1.79. The zero-order valence-electron chi connectivity index (χ0n) is 11.0. The zero-order chi connectivity index (χ0) is 14.4. The normalized spacial score (nSPS) is 16.2. The van der Waals surface area contributed by atoms with Crippen molar-refractivity contribution in [3.8, 4) is 11.5 Å². The van der Waals surface area contributed by atoms with Gasteiger partial charge in [-0.1, -0.05) is 18.2 Å². The molecule has 2 heterocycles. The molecule has 2 N–H and O–H groups in total. The second kappa shape index (κ2) is 4.11. The number of rotatable bonds is 4. The molecule has 1 aliphatic carbocycles. The molecule has 0 spiro atoms. The Hall–Kier alpha value is -2.77. The summed E-state index contributed by atoms with van der Waals surface area (Å²) in [4.78, 5) is 11.3. The van der Waals surface area contributed by atoms with Crippen LogP contribution in [-0.4, -0.2) is 41.5 Å². The Labute approximate surface area is 118 Å². The summed E-state index contributed by atoms with van der Waals surface area (Å²) in [5.41, 5.74) is 0.800. The number of carbonyl (C=O) groups is 1. The van der Waals surface area contributed by atoms with Gasteiger partial charge in [0.05, 0.1) is 17.5 Å². The van der Waals surface area contributed by atoms with Crippen molar-refractivity contribution in [1.82, 2.24) is 30.4 Å². The maximum atomic E-state index is 11.3. The van der Waals surface area contributed by atoms with Crippen LogP contribution >= 0.6 is 0 Å². The lowest BCUT2D eigenvalue weighted by Gasteiger charge is -2.09. The lowest BCUT2D eigenvalue weighted by molar-refractivity contribution is -0.144. The van der Waals surface area contributed by atoms with E-state index in [0.717, 1.165) is 10.9 Å². The smallest absolute Gasteiger partial charge is 0.311 e. The monoisotopic (exact) mass is 284 g/mol. The van der Waals surface area contributed by atoms with Gasteiger partial charge in [0, 0.05) is 5.39 Å². The molecule has 1 saturated carbocycles. The van der Waals surface area contributed by atoms with Crippen LogP contribution < -0.4 is 0 Å². The van der Waals surface area contributed by atoms with Crippen molar-refractivity contribution in [1.29, 1.82) is 0 Å². The number of hydrogen-bond donors (Lipinski definition) is 2. The number of aromatic nitrogens is 6. The van der Waals surface area contributed by atoms with E-state index in [2.05, 4.69) is 25.7 Å². The maximum absolute atomic E-state index is 11.3. The summed E-state index contributed by atoms with van der Waals surface area (Å²) < 4.78 is 1.53. The number of nitrogens with zero attached hydrogens (tertiary/aromatic N) is 5. The first-order valence-corrected chi connectivity index (χ1v) is 6.63. The average Bonchev–Trinajstić information content (AvgIpc) is 2.94. The standard InChI is InChI=1S/C13H12N6O2/c20-12(21)13(5-6-13)7-19-11(16-17-18-19)10-8-3-1-2-4-9(8)14-15-10/h1-4H,5-7H2,(H,14,15)(H,20,21). The van der Waals surface area contributed by atoms with Crippen molar-refractivity contribution in [2.24, 2.45) is 5.41 Å². The van der Waals surface area contributed by atoms with Crippen LogP contribution in [0.15, 0.2) is 24.3 Å². The van der Waals surface area contributed by atoms with Gasteiger partial charge in [-0.25, -0.2) is 4.68 Å². The third-order valence-corrected chi connectivity index (χ3v) is 3.97. The van der Waals surface area contributed by atoms with Crippen molar-refractivity contribution in [2.75, 3.05) is 0 Å². The van der Waals surface area contributed by atoms with Crippen molar-refractivity contribution < 1.29 is 9.90 Å². The van der Waals surface area contributed by atoms with E-state index < -0.39 is 11.4 Å². The molecule has 0 saturated heterocycles. The molecule has 0 radical (unpaired) electrons. The molecular formula is C13H12N6O2. The number of aromatic amines is 1. The number of para-hydroxylation sites is 1. The lowest BCUT2D eigenvalue weighted by Crippen LogP contribution is -2.22. The molecule has 2 aromatic heterocycles. The van der Waals surface area contributed by atoms with Gasteiger partial charge in [0.15, 0.2) is 0 Å². The van der Waals surface area contributed by atoms with Crippen molar-refractivity contribution in [3.63, 3.8) is 0 Å². The van der Waals surface area contributed by atoms with Gasteiger partial charge in [0.2, 0.25) is 5.82 Å². The lowest BCUT2D eigenvalue weighted by atomic mass is 10.1. The van der Waals surface area contributed by atoms with Gasteiger partial charge >= 0.3 is 5.97 Å². The van der Waals surface area contributed by atoms with E-state index in [-0.39, 0.29) is 6.54 Å². The van der Waals surface area contributed by atoms with Gasteiger partial charge < -0.3 is 5.11 Å². The highest BCUT2D eigenvalue weighted by Gasteiger charge is 2.51. The second-order valence-corrected chi connectivity index (χ2v) is 5.36. The summed E-state index contributed by atoms with van der Waals surface area (Å²) in [6.07, 6.45) is 1.31. The molecular weight excluding hydrogens is 272 g/mol. The summed E-state index contributed by atoms with van der Waals surface area (Å²) in [5, 5.41) is 29.0. The van der Waals surface area contributed by atoms with E-state index >= 15 is 0 Å². The molecule has 0 atom stereocenters. The van der Waals surface area contributed by atoms with E-state index in [1.54, 1.807) is 0 Å². The number of fused-ring (bicyclic) bond motifs is 1. The molecule has 0 aliphatic heterocycles. The molecule has 3 aromatic rings. The molecule has 0 bridgehead atoms.